The summed E-state index contributed by atoms with van der Waals surface area (Å²) in [6.45, 7) is 5.40. The van der Waals surface area contributed by atoms with Crippen LogP contribution < -0.4 is 0 Å². The number of hydrogen-bond acceptors (Lipinski definition) is 12. The van der Waals surface area contributed by atoms with Crippen LogP contribution >= 0.6 is 0 Å². The number of ether oxygens (including phenoxy) is 6. The summed E-state index contributed by atoms with van der Waals surface area (Å²) in [5.41, 5.74) is 5.93. The lowest BCUT2D eigenvalue weighted by atomic mass is 10.0. The highest BCUT2D eigenvalue weighted by Crippen LogP contribution is 2.28. The highest BCUT2D eigenvalue weighted by atomic mass is 16.5. The van der Waals surface area contributed by atoms with E-state index in [4.69, 9.17) is 38.4 Å². The van der Waals surface area contributed by atoms with Crippen molar-refractivity contribution in [3.8, 4) is 23.0 Å². The molecule has 0 amide bonds. The lowest BCUT2D eigenvalue weighted by Crippen LogP contribution is -2.12. The van der Waals surface area contributed by atoms with Gasteiger partial charge in [-0.05, 0) is 66.1 Å². The van der Waals surface area contributed by atoms with Gasteiger partial charge in [0.05, 0.1) is 88.1 Å². The van der Waals surface area contributed by atoms with E-state index in [2.05, 4.69) is 9.97 Å². The number of methoxy groups -OCH3 is 2. The molecule has 0 unspecified atom stereocenters. The Hall–Kier alpha value is -5.62. The summed E-state index contributed by atoms with van der Waals surface area (Å²) < 4.78 is 36.7. The fraction of sp³-hybridized carbons (Fsp3) is 0.366. The first kappa shape index (κ1) is 41.0. The number of pyridine rings is 2. The van der Waals surface area contributed by atoms with Crippen LogP contribution in [0.3, 0.4) is 0 Å². The number of carboxylic acid groups (broad SMARTS) is 2. The Morgan fingerprint density at radius 1 is 0.526 bits per heavy atom. The minimum absolute atomic E-state index is 0.0709. The van der Waals surface area contributed by atoms with Crippen molar-refractivity contribution in [3.63, 3.8) is 0 Å². The molecule has 2 aromatic carbocycles. The van der Waals surface area contributed by atoms with Gasteiger partial charge in [0.15, 0.2) is 11.6 Å². The van der Waals surface area contributed by atoms with E-state index in [1.54, 1.807) is 38.5 Å². The number of benzene rings is 2. The summed E-state index contributed by atoms with van der Waals surface area (Å²) in [5.74, 6) is -1.17. The smallest absolute Gasteiger partial charge is 0.354 e. The molecule has 0 fully saturated rings. The predicted octanol–water partition coefficient (Wildman–Crippen LogP) is 4.86. The maximum Gasteiger partial charge on any atom is 0.354 e. The monoisotopic (exact) mass is 782 g/mol. The number of carbonyl (C=O) groups is 2. The number of hydrogen-bond donors (Lipinski definition) is 2. The molecule has 0 saturated heterocycles. The molecule has 0 atom stereocenters. The van der Waals surface area contributed by atoms with Crippen LogP contribution in [-0.4, -0.2) is 132 Å². The number of rotatable bonds is 24. The second kappa shape index (κ2) is 20.5. The molecule has 0 spiro atoms. The molecule has 0 bridgehead atoms. The van der Waals surface area contributed by atoms with E-state index in [0.29, 0.717) is 109 Å². The van der Waals surface area contributed by atoms with Crippen molar-refractivity contribution in [2.24, 2.45) is 0 Å². The molecule has 16 heteroatoms. The van der Waals surface area contributed by atoms with Gasteiger partial charge in [0.1, 0.15) is 22.8 Å². The molecule has 0 aliphatic heterocycles. The molecule has 0 aliphatic carbocycles. The summed E-state index contributed by atoms with van der Waals surface area (Å²) in [5, 5.41) is 19.2. The molecule has 0 radical (unpaired) electrons. The number of imidazole rings is 2. The van der Waals surface area contributed by atoms with E-state index in [0.717, 1.165) is 33.2 Å². The van der Waals surface area contributed by atoms with E-state index in [1.165, 1.54) is 12.1 Å². The standard InChI is InChI=1S/C41H46N6O10/c1-52-17-19-56-23-21-54-15-13-46-36-11-9-28(26-34(36)44-38(46)30-5-3-7-32(42-30)40(48)49)25-29-10-12-37-35(27-29)45-39(31-6-4-8-33(43-31)41(50)51)47(37)14-16-55-22-24-57-20-18-53-2/h3-12,26-27H,13-25H2,1-2H3,(H,48,49)(H,50,51). The third-order valence-corrected chi connectivity index (χ3v) is 8.95. The van der Waals surface area contributed by atoms with E-state index >= 15 is 0 Å². The molecule has 6 rings (SSSR count). The summed E-state index contributed by atoms with van der Waals surface area (Å²) in [4.78, 5) is 42.1. The van der Waals surface area contributed by atoms with Gasteiger partial charge in [-0.3, -0.25) is 0 Å². The van der Waals surface area contributed by atoms with E-state index in [1.807, 2.05) is 45.5 Å². The Balaban J connectivity index is 1.24. The minimum Gasteiger partial charge on any atom is -0.477 e. The van der Waals surface area contributed by atoms with Crippen LogP contribution in [0.15, 0.2) is 72.8 Å². The van der Waals surface area contributed by atoms with Crippen molar-refractivity contribution in [2.75, 3.05) is 80.3 Å². The van der Waals surface area contributed by atoms with Gasteiger partial charge in [-0.1, -0.05) is 24.3 Å². The zero-order chi connectivity index (χ0) is 40.0. The van der Waals surface area contributed by atoms with Gasteiger partial charge in [0.25, 0.3) is 0 Å². The van der Waals surface area contributed by atoms with Gasteiger partial charge in [-0.2, -0.15) is 0 Å². The summed E-state index contributed by atoms with van der Waals surface area (Å²) in [6, 6.07) is 21.8. The molecule has 0 saturated carbocycles. The van der Waals surface area contributed by atoms with Crippen molar-refractivity contribution >= 4 is 34.0 Å². The zero-order valence-corrected chi connectivity index (χ0v) is 32.0. The average Bonchev–Trinajstić information content (AvgIpc) is 3.77. The fourth-order valence-corrected chi connectivity index (χ4v) is 6.25. The second-order valence-corrected chi connectivity index (χ2v) is 12.9. The van der Waals surface area contributed by atoms with Gasteiger partial charge in [0, 0.05) is 27.3 Å². The van der Waals surface area contributed by atoms with Gasteiger partial charge in [-0.15, -0.1) is 0 Å². The van der Waals surface area contributed by atoms with Crippen LogP contribution in [-0.2, 0) is 47.9 Å². The van der Waals surface area contributed by atoms with Gasteiger partial charge in [0.2, 0.25) is 0 Å². The Labute approximate surface area is 328 Å². The lowest BCUT2D eigenvalue weighted by Gasteiger charge is -2.11. The molecule has 6 aromatic rings. The Morgan fingerprint density at radius 3 is 1.33 bits per heavy atom. The van der Waals surface area contributed by atoms with Crippen LogP contribution in [0.25, 0.3) is 45.1 Å². The molecule has 300 valence electrons. The fourth-order valence-electron chi connectivity index (χ4n) is 6.25. The third-order valence-electron chi connectivity index (χ3n) is 8.95. The predicted molar refractivity (Wildman–Crippen MR) is 210 cm³/mol. The molecule has 4 heterocycles. The molecular formula is C41H46N6O10. The van der Waals surface area contributed by atoms with E-state index < -0.39 is 11.9 Å². The first-order valence-corrected chi connectivity index (χ1v) is 18.5. The Morgan fingerprint density at radius 2 is 0.930 bits per heavy atom. The van der Waals surface area contributed by atoms with Crippen molar-refractivity contribution < 1.29 is 48.2 Å². The summed E-state index contributed by atoms with van der Waals surface area (Å²) >= 11 is 0. The summed E-state index contributed by atoms with van der Waals surface area (Å²) in [6.07, 6.45) is 0.578. The quantitative estimate of drug-likeness (QED) is 0.0792. The topological polar surface area (TPSA) is 191 Å². The van der Waals surface area contributed by atoms with E-state index in [9.17, 15) is 19.8 Å². The van der Waals surface area contributed by atoms with Gasteiger partial charge >= 0.3 is 11.9 Å². The maximum atomic E-state index is 11.7. The number of aromatic nitrogens is 6. The number of carboxylic acids is 2. The molecular weight excluding hydrogens is 736 g/mol. The average molecular weight is 783 g/mol. The Bertz CT molecular complexity index is 2110. The second-order valence-electron chi connectivity index (χ2n) is 12.9. The Kier molecular flexibility index (Phi) is 14.8. The number of aromatic carboxylic acids is 2. The highest BCUT2D eigenvalue weighted by Gasteiger charge is 2.19. The first-order chi connectivity index (χ1) is 27.9. The normalized spacial score (nSPS) is 11.5. The molecule has 0 aliphatic rings. The number of fused-ring (bicyclic) bond motifs is 2. The molecule has 2 N–H and O–H groups in total. The van der Waals surface area contributed by atoms with Crippen molar-refractivity contribution in [3.05, 3.63) is 95.3 Å². The molecule has 57 heavy (non-hydrogen) atoms. The van der Waals surface area contributed by atoms with Gasteiger partial charge < -0.3 is 47.8 Å². The van der Waals surface area contributed by atoms with Crippen LogP contribution in [0.4, 0.5) is 0 Å². The first-order valence-electron chi connectivity index (χ1n) is 18.5. The lowest BCUT2D eigenvalue weighted by molar-refractivity contribution is 0.0232. The SMILES string of the molecule is COCCOCCOCCn1c(-c2cccc(C(=O)O)n2)nc2cc(Cc3ccc4c(c3)nc(-c3cccc(C(=O)O)n3)n4CCOCCOCCOC)ccc21. The van der Waals surface area contributed by atoms with Crippen molar-refractivity contribution in [1.29, 1.82) is 0 Å². The zero-order valence-electron chi connectivity index (χ0n) is 32.0. The van der Waals surface area contributed by atoms with Crippen molar-refractivity contribution in [1.82, 2.24) is 29.1 Å². The maximum absolute atomic E-state index is 11.7. The van der Waals surface area contributed by atoms with Gasteiger partial charge in [-0.25, -0.2) is 29.5 Å². The largest absolute Gasteiger partial charge is 0.477 e. The van der Waals surface area contributed by atoms with E-state index in [-0.39, 0.29) is 11.4 Å². The number of nitrogens with zero attached hydrogens (tertiary/aromatic N) is 6. The van der Waals surface area contributed by atoms with Crippen LogP contribution in [0, 0.1) is 0 Å². The molecule has 16 nitrogen and oxygen atoms in total. The summed E-state index contributed by atoms with van der Waals surface area (Å²) in [7, 11) is 3.24. The van der Waals surface area contributed by atoms with Crippen LogP contribution in [0.2, 0.25) is 0 Å². The highest BCUT2D eigenvalue weighted by molar-refractivity contribution is 5.87. The van der Waals surface area contributed by atoms with Crippen LogP contribution in [0.1, 0.15) is 32.1 Å². The molecule has 4 aromatic heterocycles. The van der Waals surface area contributed by atoms with Crippen LogP contribution in [0.5, 0.6) is 0 Å². The minimum atomic E-state index is -1.12. The van der Waals surface area contributed by atoms with Crippen molar-refractivity contribution in [2.45, 2.75) is 19.5 Å². The third kappa shape index (κ3) is 10.8.